The van der Waals surface area contributed by atoms with Crippen LogP contribution in [0, 0.1) is 0 Å². The summed E-state index contributed by atoms with van der Waals surface area (Å²) < 4.78 is 0. The highest BCUT2D eigenvalue weighted by Crippen LogP contribution is 2.56. The number of rotatable bonds is 6. The van der Waals surface area contributed by atoms with Crippen LogP contribution in [0.4, 0.5) is 17.1 Å². The fraction of sp³-hybridized carbons (Fsp3) is 0.226. The van der Waals surface area contributed by atoms with Crippen molar-refractivity contribution >= 4 is 17.1 Å². The van der Waals surface area contributed by atoms with Crippen molar-refractivity contribution in [2.45, 2.75) is 90.9 Å². The summed E-state index contributed by atoms with van der Waals surface area (Å²) in [7, 11) is 0. The maximum atomic E-state index is 2.51. The zero-order valence-electron chi connectivity index (χ0n) is 38.7. The lowest BCUT2D eigenvalue weighted by molar-refractivity contribution is 0.590. The summed E-state index contributed by atoms with van der Waals surface area (Å²) in [4.78, 5) is 2.51. The Balaban J connectivity index is 1.17. The predicted octanol–water partition coefficient (Wildman–Crippen LogP) is 17.4. The van der Waals surface area contributed by atoms with Crippen molar-refractivity contribution < 1.29 is 0 Å². The number of nitrogens with zero attached hydrogens (tertiary/aromatic N) is 1. The SMILES string of the molecule is CC(C)(C)c1ccc(-c2cc(-c3ccc(C(C)(C)C)cc3)c3c(c2)-c2ccc(N(c4ccc5c(c4)C(C)(C)c4ccccc4-5)c4ccccc4-c4ccccc4)cc2C3(C)C)cc1. The number of anilines is 3. The lowest BCUT2D eigenvalue weighted by Gasteiger charge is -2.31. The summed E-state index contributed by atoms with van der Waals surface area (Å²) in [6.45, 7) is 23.4. The number of hydrogen-bond donors (Lipinski definition) is 0. The van der Waals surface area contributed by atoms with Crippen LogP contribution in [0.15, 0.2) is 176 Å². The molecular formula is C62H59N. The minimum atomic E-state index is -0.278. The molecule has 2 aliphatic carbocycles. The van der Waals surface area contributed by atoms with Gasteiger partial charge in [-0.05, 0) is 137 Å². The highest BCUT2D eigenvalue weighted by molar-refractivity contribution is 5.95. The molecule has 0 fully saturated rings. The van der Waals surface area contributed by atoms with Gasteiger partial charge in [0.1, 0.15) is 0 Å². The van der Waals surface area contributed by atoms with Crippen LogP contribution < -0.4 is 4.90 Å². The van der Waals surface area contributed by atoms with Crippen LogP contribution in [0.2, 0.25) is 0 Å². The summed E-state index contributed by atoms with van der Waals surface area (Å²) in [6.07, 6.45) is 0. The van der Waals surface area contributed by atoms with Gasteiger partial charge in [-0.15, -0.1) is 0 Å². The van der Waals surface area contributed by atoms with E-state index in [4.69, 9.17) is 0 Å². The van der Waals surface area contributed by atoms with Crippen LogP contribution in [0.1, 0.15) is 103 Å². The molecule has 0 amide bonds. The third-order valence-electron chi connectivity index (χ3n) is 14.2. The number of para-hydroxylation sites is 1. The number of hydrogen-bond acceptors (Lipinski definition) is 1. The Bertz CT molecular complexity index is 3040. The largest absolute Gasteiger partial charge is 0.310 e. The van der Waals surface area contributed by atoms with Crippen molar-refractivity contribution in [3.8, 4) is 55.6 Å². The van der Waals surface area contributed by atoms with Crippen LogP contribution in [0.25, 0.3) is 55.6 Å². The maximum Gasteiger partial charge on any atom is 0.0540 e. The zero-order chi connectivity index (χ0) is 44.1. The van der Waals surface area contributed by atoms with Crippen molar-refractivity contribution in [3.63, 3.8) is 0 Å². The van der Waals surface area contributed by atoms with Gasteiger partial charge >= 0.3 is 0 Å². The Morgan fingerprint density at radius 1 is 0.333 bits per heavy atom. The molecule has 1 nitrogen and oxygen atoms in total. The van der Waals surface area contributed by atoms with Gasteiger partial charge in [-0.1, -0.05) is 203 Å². The summed E-state index contributed by atoms with van der Waals surface area (Å²) in [5.74, 6) is 0. The fourth-order valence-corrected chi connectivity index (χ4v) is 10.6. The first-order valence-corrected chi connectivity index (χ1v) is 22.8. The van der Waals surface area contributed by atoms with E-state index in [0.29, 0.717) is 0 Å². The Morgan fingerprint density at radius 3 is 1.40 bits per heavy atom. The van der Waals surface area contributed by atoms with E-state index in [-0.39, 0.29) is 21.7 Å². The Labute approximate surface area is 376 Å². The van der Waals surface area contributed by atoms with Crippen LogP contribution in [-0.2, 0) is 21.7 Å². The highest BCUT2D eigenvalue weighted by Gasteiger charge is 2.40. The van der Waals surface area contributed by atoms with Crippen molar-refractivity contribution in [2.75, 3.05) is 4.90 Å². The molecule has 0 unspecified atom stereocenters. The van der Waals surface area contributed by atoms with Crippen LogP contribution in [0.5, 0.6) is 0 Å². The molecule has 10 rings (SSSR count). The first-order chi connectivity index (χ1) is 30.0. The van der Waals surface area contributed by atoms with E-state index < -0.39 is 0 Å². The molecule has 0 bridgehead atoms. The molecule has 8 aromatic rings. The lowest BCUT2D eigenvalue weighted by Crippen LogP contribution is -2.19. The van der Waals surface area contributed by atoms with E-state index in [9.17, 15) is 0 Å². The summed E-state index contributed by atoms with van der Waals surface area (Å²) >= 11 is 0. The van der Waals surface area contributed by atoms with Crippen LogP contribution >= 0.6 is 0 Å². The van der Waals surface area contributed by atoms with Gasteiger partial charge in [-0.2, -0.15) is 0 Å². The molecule has 0 N–H and O–H groups in total. The second-order valence-corrected chi connectivity index (χ2v) is 21.1. The van der Waals surface area contributed by atoms with Gasteiger partial charge in [0.15, 0.2) is 0 Å². The van der Waals surface area contributed by atoms with Gasteiger partial charge in [0, 0.05) is 27.8 Å². The monoisotopic (exact) mass is 817 g/mol. The molecule has 2 aliphatic rings. The number of benzene rings is 8. The quantitative estimate of drug-likeness (QED) is 0.162. The van der Waals surface area contributed by atoms with Gasteiger partial charge in [0.2, 0.25) is 0 Å². The lowest BCUT2D eigenvalue weighted by atomic mass is 9.77. The second kappa shape index (κ2) is 14.6. The first kappa shape index (κ1) is 40.6. The molecule has 0 heterocycles. The van der Waals surface area contributed by atoms with E-state index in [1.54, 1.807) is 0 Å². The standard InChI is InChI=1S/C62H59N/c1-59(2,3)44-28-24-40(25-29-44)43-36-52(42-26-30-45(31-27-42)60(4,5)6)58-53(37-43)51-35-33-47(39-56(51)62(58,9)10)63(57-23-17-15-20-48(57)41-18-12-11-13-19-41)46-32-34-50-49-21-14-16-22-54(49)61(7,8)55(50)38-46/h11-39H,1-10H3. The molecule has 0 atom stereocenters. The minimum absolute atomic E-state index is 0.0760. The van der Waals surface area contributed by atoms with Crippen molar-refractivity contribution in [1.82, 2.24) is 0 Å². The molecule has 0 saturated carbocycles. The molecule has 0 spiro atoms. The molecular weight excluding hydrogens is 759 g/mol. The van der Waals surface area contributed by atoms with E-state index in [1.807, 2.05) is 0 Å². The molecule has 1 heteroatoms. The minimum Gasteiger partial charge on any atom is -0.310 e. The van der Waals surface area contributed by atoms with Gasteiger partial charge in [-0.25, -0.2) is 0 Å². The number of fused-ring (bicyclic) bond motifs is 6. The van der Waals surface area contributed by atoms with E-state index in [1.165, 1.54) is 89.0 Å². The normalized spacial score (nSPS) is 14.4. The van der Waals surface area contributed by atoms with Gasteiger partial charge in [0.25, 0.3) is 0 Å². The van der Waals surface area contributed by atoms with Gasteiger partial charge in [-0.3, -0.25) is 0 Å². The molecule has 312 valence electrons. The summed E-state index contributed by atoms with van der Waals surface area (Å²) in [6, 6.07) is 66.6. The molecule has 0 aromatic heterocycles. The fourth-order valence-electron chi connectivity index (χ4n) is 10.6. The van der Waals surface area contributed by atoms with Crippen molar-refractivity contribution in [2.24, 2.45) is 0 Å². The van der Waals surface area contributed by atoms with Gasteiger partial charge < -0.3 is 4.90 Å². The molecule has 0 saturated heterocycles. The second-order valence-electron chi connectivity index (χ2n) is 21.1. The Hall–Kier alpha value is -6.44. The van der Waals surface area contributed by atoms with E-state index in [0.717, 1.165) is 17.1 Å². The third-order valence-corrected chi connectivity index (χ3v) is 14.2. The smallest absolute Gasteiger partial charge is 0.0540 e. The van der Waals surface area contributed by atoms with Gasteiger partial charge in [0.05, 0.1) is 5.69 Å². The Kier molecular flexibility index (Phi) is 9.39. The first-order valence-electron chi connectivity index (χ1n) is 22.8. The average molecular weight is 818 g/mol. The topological polar surface area (TPSA) is 3.24 Å². The highest BCUT2D eigenvalue weighted by atomic mass is 15.1. The van der Waals surface area contributed by atoms with Crippen LogP contribution in [0.3, 0.4) is 0 Å². The summed E-state index contributed by atoms with van der Waals surface area (Å²) in [5, 5.41) is 0. The zero-order valence-corrected chi connectivity index (χ0v) is 38.7. The molecule has 0 aliphatic heterocycles. The molecule has 63 heavy (non-hydrogen) atoms. The van der Waals surface area contributed by atoms with Crippen molar-refractivity contribution in [1.29, 1.82) is 0 Å². The third kappa shape index (κ3) is 6.76. The van der Waals surface area contributed by atoms with Crippen LogP contribution in [-0.4, -0.2) is 0 Å². The molecule has 8 aromatic carbocycles. The Morgan fingerprint density at radius 2 is 0.794 bits per heavy atom. The van der Waals surface area contributed by atoms with Crippen molar-refractivity contribution in [3.05, 3.63) is 209 Å². The average Bonchev–Trinajstić information content (AvgIpc) is 3.65. The maximum absolute atomic E-state index is 2.51. The summed E-state index contributed by atoms with van der Waals surface area (Å²) in [5.41, 5.74) is 24.2. The van der Waals surface area contributed by atoms with E-state index in [2.05, 4.69) is 250 Å². The van der Waals surface area contributed by atoms with E-state index >= 15 is 0 Å². The predicted molar refractivity (Wildman–Crippen MR) is 270 cm³/mol. The molecule has 0 radical (unpaired) electrons.